The molecule has 0 fully saturated rings. The molecule has 2 N–H and O–H groups in total. The minimum atomic E-state index is -0.854. The summed E-state index contributed by atoms with van der Waals surface area (Å²) in [6.45, 7) is 5.51. The average Bonchev–Trinajstić information content (AvgIpc) is 2.38. The largest absolute Gasteiger partial charge is 0.507 e. The maximum Gasteiger partial charge on any atom is 0.307 e. The molecule has 21 heavy (non-hydrogen) atoms. The molecule has 0 atom stereocenters. The molecule has 0 aliphatic heterocycles. The van der Waals surface area contributed by atoms with E-state index in [1.807, 2.05) is 26.8 Å². The fraction of sp³-hybridized carbons (Fsp3) is 0.235. The van der Waals surface area contributed by atoms with Crippen LogP contribution in [0.25, 0.3) is 0 Å². The average molecular weight is 286 g/mol. The highest BCUT2D eigenvalue weighted by molar-refractivity contribution is 5.70. The van der Waals surface area contributed by atoms with Gasteiger partial charge in [0.1, 0.15) is 17.2 Å². The SMILES string of the molecule is Cc1cc(CC(=O)O)ccc1Oc1cc(C)c(O)c(C)c1. The van der Waals surface area contributed by atoms with Gasteiger partial charge in [0, 0.05) is 0 Å². The number of hydrogen-bond donors (Lipinski definition) is 2. The van der Waals surface area contributed by atoms with E-state index in [4.69, 9.17) is 9.84 Å². The number of rotatable bonds is 4. The Bertz CT molecular complexity index is 666. The third-order valence-corrected chi connectivity index (χ3v) is 3.29. The van der Waals surface area contributed by atoms with Crippen LogP contribution in [0.15, 0.2) is 30.3 Å². The van der Waals surface area contributed by atoms with Gasteiger partial charge >= 0.3 is 5.97 Å². The summed E-state index contributed by atoms with van der Waals surface area (Å²) in [5.74, 6) is 0.745. The van der Waals surface area contributed by atoms with Crippen molar-refractivity contribution in [3.8, 4) is 17.2 Å². The molecule has 0 radical (unpaired) electrons. The molecule has 110 valence electrons. The normalized spacial score (nSPS) is 10.4. The predicted molar refractivity (Wildman–Crippen MR) is 80.2 cm³/mol. The molecule has 0 unspecified atom stereocenters. The lowest BCUT2D eigenvalue weighted by Crippen LogP contribution is -2.00. The van der Waals surface area contributed by atoms with E-state index in [0.29, 0.717) is 11.5 Å². The minimum absolute atomic E-state index is 0.00144. The second-order valence-electron chi connectivity index (χ2n) is 5.18. The van der Waals surface area contributed by atoms with Crippen LogP contribution < -0.4 is 4.74 Å². The van der Waals surface area contributed by atoms with Gasteiger partial charge in [-0.2, -0.15) is 0 Å². The van der Waals surface area contributed by atoms with E-state index in [2.05, 4.69) is 0 Å². The van der Waals surface area contributed by atoms with Crippen molar-refractivity contribution >= 4 is 5.97 Å². The van der Waals surface area contributed by atoms with Crippen molar-refractivity contribution in [2.45, 2.75) is 27.2 Å². The Kier molecular flexibility index (Phi) is 4.17. The van der Waals surface area contributed by atoms with Crippen LogP contribution in [0.3, 0.4) is 0 Å². The number of aromatic hydroxyl groups is 1. The summed E-state index contributed by atoms with van der Waals surface area (Å²) in [7, 11) is 0. The second-order valence-corrected chi connectivity index (χ2v) is 5.18. The van der Waals surface area contributed by atoms with Crippen LogP contribution in [0.4, 0.5) is 0 Å². The summed E-state index contributed by atoms with van der Waals surface area (Å²) >= 11 is 0. The summed E-state index contributed by atoms with van der Waals surface area (Å²) < 4.78 is 5.83. The first-order valence-electron chi connectivity index (χ1n) is 6.66. The van der Waals surface area contributed by atoms with Crippen LogP contribution in [0.1, 0.15) is 22.3 Å². The van der Waals surface area contributed by atoms with Gasteiger partial charge < -0.3 is 14.9 Å². The topological polar surface area (TPSA) is 66.8 Å². The number of aliphatic carboxylic acids is 1. The lowest BCUT2D eigenvalue weighted by atomic mass is 10.1. The Morgan fingerprint density at radius 2 is 1.67 bits per heavy atom. The fourth-order valence-corrected chi connectivity index (χ4v) is 2.21. The van der Waals surface area contributed by atoms with Crippen LogP contribution >= 0.6 is 0 Å². The summed E-state index contributed by atoms with van der Waals surface area (Å²) in [4.78, 5) is 10.7. The van der Waals surface area contributed by atoms with Crippen molar-refractivity contribution < 1.29 is 19.7 Å². The maximum atomic E-state index is 10.7. The van der Waals surface area contributed by atoms with Gasteiger partial charge in [0.25, 0.3) is 0 Å². The Morgan fingerprint density at radius 3 is 2.19 bits per heavy atom. The quantitative estimate of drug-likeness (QED) is 0.898. The number of carboxylic acids is 1. The van der Waals surface area contributed by atoms with E-state index >= 15 is 0 Å². The molecule has 0 heterocycles. The van der Waals surface area contributed by atoms with E-state index in [-0.39, 0.29) is 12.2 Å². The number of carboxylic acid groups (broad SMARTS) is 1. The van der Waals surface area contributed by atoms with Gasteiger partial charge in [0.15, 0.2) is 0 Å². The van der Waals surface area contributed by atoms with Crippen molar-refractivity contribution in [3.63, 3.8) is 0 Å². The molecule has 0 aromatic heterocycles. The van der Waals surface area contributed by atoms with E-state index in [1.165, 1.54) is 0 Å². The number of hydrogen-bond acceptors (Lipinski definition) is 3. The molecular formula is C17H18O4. The van der Waals surface area contributed by atoms with E-state index in [1.54, 1.807) is 24.3 Å². The summed E-state index contributed by atoms with van der Waals surface area (Å²) in [6.07, 6.45) is -0.00144. The molecule has 4 heteroatoms. The smallest absolute Gasteiger partial charge is 0.307 e. The van der Waals surface area contributed by atoms with Crippen LogP contribution in [-0.2, 0) is 11.2 Å². The highest BCUT2D eigenvalue weighted by Crippen LogP contribution is 2.31. The van der Waals surface area contributed by atoms with Crippen molar-refractivity contribution in [2.75, 3.05) is 0 Å². The summed E-state index contributed by atoms with van der Waals surface area (Å²) in [5.41, 5.74) is 3.12. The number of benzene rings is 2. The van der Waals surface area contributed by atoms with Crippen LogP contribution in [0.5, 0.6) is 17.2 Å². The summed E-state index contributed by atoms with van der Waals surface area (Å²) in [6, 6.07) is 8.87. The van der Waals surface area contributed by atoms with Crippen LogP contribution in [0, 0.1) is 20.8 Å². The van der Waals surface area contributed by atoms with Crippen molar-refractivity contribution in [3.05, 3.63) is 52.6 Å². The summed E-state index contributed by atoms with van der Waals surface area (Å²) in [5, 5.41) is 18.6. The van der Waals surface area contributed by atoms with E-state index in [9.17, 15) is 9.90 Å². The molecule has 4 nitrogen and oxygen atoms in total. The van der Waals surface area contributed by atoms with Crippen LogP contribution in [-0.4, -0.2) is 16.2 Å². The highest BCUT2D eigenvalue weighted by Gasteiger charge is 2.08. The highest BCUT2D eigenvalue weighted by atomic mass is 16.5. The maximum absolute atomic E-state index is 10.7. The van der Waals surface area contributed by atoms with Crippen molar-refractivity contribution in [1.29, 1.82) is 0 Å². The van der Waals surface area contributed by atoms with E-state index in [0.717, 1.165) is 22.3 Å². The standard InChI is InChI=1S/C17H18O4/c1-10-6-13(9-16(18)19)4-5-15(10)21-14-7-11(2)17(20)12(3)8-14/h4-8,20H,9H2,1-3H3,(H,18,19). The lowest BCUT2D eigenvalue weighted by molar-refractivity contribution is -0.136. The zero-order valence-corrected chi connectivity index (χ0v) is 12.3. The Hall–Kier alpha value is -2.49. The third kappa shape index (κ3) is 3.54. The van der Waals surface area contributed by atoms with Gasteiger partial charge in [-0.1, -0.05) is 12.1 Å². The molecule has 2 aromatic rings. The molecule has 0 aliphatic carbocycles. The number of phenolic OH excluding ortho intramolecular Hbond substituents is 1. The monoisotopic (exact) mass is 286 g/mol. The first-order valence-corrected chi connectivity index (χ1v) is 6.66. The zero-order valence-electron chi connectivity index (χ0n) is 12.3. The van der Waals surface area contributed by atoms with Gasteiger partial charge in [-0.15, -0.1) is 0 Å². The van der Waals surface area contributed by atoms with Gasteiger partial charge in [0.05, 0.1) is 6.42 Å². The van der Waals surface area contributed by atoms with Crippen molar-refractivity contribution in [1.82, 2.24) is 0 Å². The van der Waals surface area contributed by atoms with Gasteiger partial charge in [-0.05, 0) is 61.2 Å². The third-order valence-electron chi connectivity index (χ3n) is 3.29. The molecule has 0 saturated heterocycles. The lowest BCUT2D eigenvalue weighted by Gasteiger charge is -2.12. The Morgan fingerprint density at radius 1 is 1.05 bits per heavy atom. The fourth-order valence-electron chi connectivity index (χ4n) is 2.21. The molecule has 0 aliphatic rings. The van der Waals surface area contributed by atoms with Gasteiger partial charge in [-0.3, -0.25) is 4.79 Å². The number of carbonyl (C=O) groups is 1. The van der Waals surface area contributed by atoms with Gasteiger partial charge in [0.2, 0.25) is 0 Å². The number of aryl methyl sites for hydroxylation is 3. The Balaban J connectivity index is 2.26. The van der Waals surface area contributed by atoms with Crippen LogP contribution in [0.2, 0.25) is 0 Å². The molecule has 2 aromatic carbocycles. The molecule has 2 rings (SSSR count). The minimum Gasteiger partial charge on any atom is -0.507 e. The number of ether oxygens (including phenoxy) is 1. The second kappa shape index (κ2) is 5.87. The molecule has 0 saturated carbocycles. The van der Waals surface area contributed by atoms with E-state index < -0.39 is 5.97 Å². The first kappa shape index (κ1) is 14.9. The zero-order chi connectivity index (χ0) is 15.6. The van der Waals surface area contributed by atoms with Crippen molar-refractivity contribution in [2.24, 2.45) is 0 Å². The number of phenols is 1. The first-order chi connectivity index (χ1) is 9.86. The predicted octanol–water partition coefficient (Wildman–Crippen LogP) is 3.74. The molecule has 0 bridgehead atoms. The molecule has 0 spiro atoms. The molecular weight excluding hydrogens is 268 g/mol. The molecule has 0 amide bonds. The Labute approximate surface area is 123 Å². The van der Waals surface area contributed by atoms with Gasteiger partial charge in [-0.25, -0.2) is 0 Å².